The molecule has 5 N–H and O–H groups in total. The van der Waals surface area contributed by atoms with Crippen molar-refractivity contribution in [3.8, 4) is 0 Å². The average molecular weight is 485 g/mol. The van der Waals surface area contributed by atoms with Crippen molar-refractivity contribution in [2.45, 2.75) is 12.3 Å². The summed E-state index contributed by atoms with van der Waals surface area (Å²) in [7, 11) is -4.29. The Bertz CT molecular complexity index is 1420. The van der Waals surface area contributed by atoms with Crippen LogP contribution in [0.25, 0.3) is 10.8 Å². The van der Waals surface area contributed by atoms with E-state index < -0.39 is 33.7 Å². The van der Waals surface area contributed by atoms with E-state index in [0.29, 0.717) is 22.6 Å². The van der Waals surface area contributed by atoms with Crippen molar-refractivity contribution < 1.29 is 36.5 Å². The molecule has 12 heteroatoms. The zero-order valence-corrected chi connectivity index (χ0v) is 18.3. The van der Waals surface area contributed by atoms with Crippen LogP contribution in [-0.4, -0.2) is 37.2 Å². The molecule has 0 radical (unpaired) electrons. The highest BCUT2D eigenvalue weighted by Crippen LogP contribution is 2.20. The number of nitrogens with one attached hydrogen (secondary N) is 2. The van der Waals surface area contributed by atoms with E-state index in [2.05, 4.69) is 9.50 Å². The molecule has 0 unspecified atom stereocenters. The molecule has 2 aromatic carbocycles. The molecular formula is C22H19N3O8S. The number of nitrogens with two attached hydrogens (primary N) is 1. The number of aromatic carboxylic acids is 1. The van der Waals surface area contributed by atoms with Crippen LogP contribution in [0.2, 0.25) is 0 Å². The van der Waals surface area contributed by atoms with E-state index in [4.69, 9.17) is 20.7 Å². The fourth-order valence-corrected chi connectivity index (χ4v) is 3.86. The number of benzene rings is 2. The number of carbonyl (C=O) groups is 3. The minimum atomic E-state index is -4.29. The summed E-state index contributed by atoms with van der Waals surface area (Å²) in [5.74, 6) is -4.04. The van der Waals surface area contributed by atoms with Crippen molar-refractivity contribution in [1.82, 2.24) is 5.32 Å². The lowest BCUT2D eigenvalue weighted by Gasteiger charge is -2.07. The van der Waals surface area contributed by atoms with Crippen LogP contribution >= 0.6 is 0 Å². The van der Waals surface area contributed by atoms with Crippen LogP contribution < -0.4 is 11.1 Å². The SMILES string of the molecule is N=C(N)c1ccc2cc(CS(=O)(=O)OC(=O)C=CC(=O)NCc3ccc(C(=O)O)o3)ccc2c1. The number of carboxylic acids is 1. The number of furan rings is 1. The molecule has 176 valence electrons. The quantitative estimate of drug-likeness (QED) is 0.151. The molecule has 0 spiro atoms. The molecule has 0 bridgehead atoms. The van der Waals surface area contributed by atoms with Crippen LogP contribution in [0, 0.1) is 5.41 Å². The summed E-state index contributed by atoms with van der Waals surface area (Å²) in [6.07, 6.45) is 1.43. The topological polar surface area (TPSA) is 190 Å². The summed E-state index contributed by atoms with van der Waals surface area (Å²) < 4.78 is 33.9. The van der Waals surface area contributed by atoms with Crippen molar-refractivity contribution >= 4 is 44.6 Å². The zero-order chi connectivity index (χ0) is 24.9. The minimum absolute atomic E-state index is 0.0875. The Labute approximate surface area is 193 Å². The summed E-state index contributed by atoms with van der Waals surface area (Å²) in [5, 5.41) is 20.1. The number of carbonyl (C=O) groups excluding carboxylic acids is 2. The Morgan fingerprint density at radius 2 is 1.76 bits per heavy atom. The van der Waals surface area contributed by atoms with Gasteiger partial charge in [0.2, 0.25) is 11.7 Å². The average Bonchev–Trinajstić information content (AvgIpc) is 3.24. The number of amides is 1. The first kappa shape index (κ1) is 24.2. The Morgan fingerprint density at radius 1 is 1.06 bits per heavy atom. The van der Waals surface area contributed by atoms with Crippen molar-refractivity contribution in [3.05, 3.63) is 83.3 Å². The lowest BCUT2D eigenvalue weighted by atomic mass is 10.0. The molecule has 3 rings (SSSR count). The molecule has 0 saturated carbocycles. The van der Waals surface area contributed by atoms with Crippen molar-refractivity contribution in [3.63, 3.8) is 0 Å². The molecule has 3 aromatic rings. The standard InChI is InChI=1S/C22H19N3O8S/c23-21(24)16-4-3-14-9-13(1-2-15(14)10-16)12-34(30,31)33-20(27)8-7-19(26)25-11-17-5-6-18(32-17)22(28)29/h1-10H,11-12H2,(H3,23,24)(H,25,26)(H,28,29). The van der Waals surface area contributed by atoms with Gasteiger partial charge < -0.3 is 24.8 Å². The number of fused-ring (bicyclic) bond motifs is 1. The second-order valence-corrected chi connectivity index (χ2v) is 8.61. The molecule has 34 heavy (non-hydrogen) atoms. The van der Waals surface area contributed by atoms with Crippen LogP contribution in [0.1, 0.15) is 27.4 Å². The van der Waals surface area contributed by atoms with Crippen LogP contribution in [0.4, 0.5) is 0 Å². The molecule has 0 atom stereocenters. The van der Waals surface area contributed by atoms with Gasteiger partial charge in [-0.3, -0.25) is 10.2 Å². The second-order valence-electron chi connectivity index (χ2n) is 7.04. The van der Waals surface area contributed by atoms with Gasteiger partial charge in [-0.15, -0.1) is 0 Å². The van der Waals surface area contributed by atoms with Crippen molar-refractivity contribution in [2.24, 2.45) is 5.73 Å². The number of rotatable bonds is 9. The van der Waals surface area contributed by atoms with Crippen molar-refractivity contribution in [1.29, 1.82) is 5.41 Å². The Balaban J connectivity index is 1.55. The van der Waals surface area contributed by atoms with Gasteiger partial charge in [-0.1, -0.05) is 30.3 Å². The number of nitrogen functional groups attached to an aromatic ring is 1. The van der Waals surface area contributed by atoms with Gasteiger partial charge in [-0.2, -0.15) is 8.42 Å². The van der Waals surface area contributed by atoms with E-state index in [-0.39, 0.29) is 23.9 Å². The maximum atomic E-state index is 12.2. The zero-order valence-electron chi connectivity index (χ0n) is 17.5. The third-order valence-corrected chi connectivity index (χ3v) is 5.55. The van der Waals surface area contributed by atoms with Crippen molar-refractivity contribution in [2.75, 3.05) is 0 Å². The maximum absolute atomic E-state index is 12.2. The fourth-order valence-electron chi connectivity index (χ4n) is 2.90. The van der Waals surface area contributed by atoms with E-state index >= 15 is 0 Å². The fraction of sp³-hybridized carbons (Fsp3) is 0.0909. The van der Waals surface area contributed by atoms with Gasteiger partial charge in [0, 0.05) is 17.7 Å². The maximum Gasteiger partial charge on any atom is 0.371 e. The smallest absolute Gasteiger partial charge is 0.371 e. The number of carboxylic acid groups (broad SMARTS) is 1. The minimum Gasteiger partial charge on any atom is -0.475 e. The third-order valence-electron chi connectivity index (χ3n) is 4.45. The first-order valence-corrected chi connectivity index (χ1v) is 11.2. The highest BCUT2D eigenvalue weighted by molar-refractivity contribution is 7.86. The van der Waals surface area contributed by atoms with E-state index in [1.54, 1.807) is 36.4 Å². The summed E-state index contributed by atoms with van der Waals surface area (Å²) in [4.78, 5) is 34.4. The first-order chi connectivity index (χ1) is 16.0. The summed E-state index contributed by atoms with van der Waals surface area (Å²) in [6.45, 7) is -0.139. The van der Waals surface area contributed by atoms with E-state index in [1.165, 1.54) is 12.1 Å². The molecule has 0 aliphatic carbocycles. The van der Waals surface area contributed by atoms with Crippen LogP contribution in [0.5, 0.6) is 0 Å². The normalized spacial score (nSPS) is 11.4. The number of hydrogen-bond acceptors (Lipinski definition) is 8. The monoisotopic (exact) mass is 485 g/mol. The van der Waals surface area contributed by atoms with Gasteiger partial charge in [0.25, 0.3) is 0 Å². The van der Waals surface area contributed by atoms with Gasteiger partial charge in [-0.05, 0) is 34.5 Å². The van der Waals surface area contributed by atoms with Gasteiger partial charge in [0.05, 0.1) is 6.54 Å². The predicted molar refractivity (Wildman–Crippen MR) is 120 cm³/mol. The predicted octanol–water partition coefficient (Wildman–Crippen LogP) is 1.66. The van der Waals surface area contributed by atoms with Crippen LogP contribution in [0.3, 0.4) is 0 Å². The first-order valence-electron chi connectivity index (χ1n) is 9.63. The molecular weight excluding hydrogens is 466 g/mol. The third kappa shape index (κ3) is 6.53. The largest absolute Gasteiger partial charge is 0.475 e. The summed E-state index contributed by atoms with van der Waals surface area (Å²) >= 11 is 0. The highest BCUT2D eigenvalue weighted by atomic mass is 32.2. The molecule has 0 aliphatic heterocycles. The van der Waals surface area contributed by atoms with Gasteiger partial charge >= 0.3 is 22.1 Å². The molecule has 1 aromatic heterocycles. The molecule has 11 nitrogen and oxygen atoms in total. The Hall–Kier alpha value is -4.45. The molecule has 0 aliphatic rings. The summed E-state index contributed by atoms with van der Waals surface area (Å²) in [6, 6.07) is 12.4. The molecule has 1 heterocycles. The van der Waals surface area contributed by atoms with Crippen LogP contribution in [-0.2, 0) is 36.2 Å². The van der Waals surface area contributed by atoms with Gasteiger partial charge in [-0.25, -0.2) is 9.59 Å². The van der Waals surface area contributed by atoms with Gasteiger partial charge in [0.1, 0.15) is 17.3 Å². The van der Waals surface area contributed by atoms with E-state index in [0.717, 1.165) is 11.5 Å². The molecule has 1 amide bonds. The Morgan fingerprint density at radius 3 is 2.44 bits per heavy atom. The molecule has 0 fully saturated rings. The lowest BCUT2D eigenvalue weighted by Crippen LogP contribution is -2.20. The second kappa shape index (κ2) is 10.0. The molecule has 0 saturated heterocycles. The summed E-state index contributed by atoms with van der Waals surface area (Å²) in [5.41, 5.74) is 6.37. The Kier molecular flexibility index (Phi) is 7.12. The number of amidine groups is 1. The van der Waals surface area contributed by atoms with E-state index in [1.807, 2.05) is 0 Å². The van der Waals surface area contributed by atoms with E-state index in [9.17, 15) is 22.8 Å². The number of hydrogen-bond donors (Lipinski definition) is 4. The lowest BCUT2D eigenvalue weighted by molar-refractivity contribution is -0.128. The van der Waals surface area contributed by atoms with Gasteiger partial charge in [0.15, 0.2) is 0 Å². The van der Waals surface area contributed by atoms with Crippen LogP contribution in [0.15, 0.2) is 65.1 Å². The highest BCUT2D eigenvalue weighted by Gasteiger charge is 2.17.